The molecule has 0 atom stereocenters. The summed E-state index contributed by atoms with van der Waals surface area (Å²) < 4.78 is 4.98. The molecule has 2 rings (SSSR count). The van der Waals surface area contributed by atoms with E-state index < -0.39 is 0 Å². The average Bonchev–Trinajstić information content (AvgIpc) is 1.72. The standard InChI is InChI=1S/C7H6O/c1-2-4-7-6(3-1)5-8-7/h1-2,4-5H,3H2. The van der Waals surface area contributed by atoms with Gasteiger partial charge in [0, 0.05) is 5.57 Å². The maximum absolute atomic E-state index is 4.98. The van der Waals surface area contributed by atoms with E-state index in [4.69, 9.17) is 4.74 Å². The predicted molar refractivity (Wildman–Crippen MR) is 31.0 cm³/mol. The number of rotatable bonds is 0. The summed E-state index contributed by atoms with van der Waals surface area (Å²) in [6, 6.07) is 0. The molecule has 1 aliphatic heterocycles. The third kappa shape index (κ3) is 0.360. The van der Waals surface area contributed by atoms with Crippen LogP contribution in [0, 0.1) is 0 Å². The quantitative estimate of drug-likeness (QED) is 0.457. The Morgan fingerprint density at radius 1 is 1.50 bits per heavy atom. The molecule has 1 heterocycles. The van der Waals surface area contributed by atoms with Crippen LogP contribution in [-0.2, 0) is 4.74 Å². The molecule has 0 fully saturated rings. The van der Waals surface area contributed by atoms with Crippen molar-refractivity contribution in [3.05, 3.63) is 35.8 Å². The van der Waals surface area contributed by atoms with Crippen molar-refractivity contribution < 1.29 is 4.74 Å². The van der Waals surface area contributed by atoms with Gasteiger partial charge in [0.1, 0.15) is 5.76 Å². The van der Waals surface area contributed by atoms with Gasteiger partial charge in [-0.3, -0.25) is 0 Å². The van der Waals surface area contributed by atoms with Crippen molar-refractivity contribution in [1.82, 2.24) is 0 Å². The summed E-state index contributed by atoms with van der Waals surface area (Å²) in [5, 5.41) is 0. The minimum Gasteiger partial charge on any atom is -0.464 e. The lowest BCUT2D eigenvalue weighted by molar-refractivity contribution is 0.305. The third-order valence-electron chi connectivity index (χ3n) is 1.37. The Balaban J connectivity index is 2.41. The minimum absolute atomic E-state index is 1.05. The van der Waals surface area contributed by atoms with E-state index in [9.17, 15) is 0 Å². The van der Waals surface area contributed by atoms with Gasteiger partial charge in [-0.2, -0.15) is 0 Å². The smallest absolute Gasteiger partial charge is 0.133 e. The lowest BCUT2D eigenvalue weighted by atomic mass is 10.1. The van der Waals surface area contributed by atoms with Crippen LogP contribution in [0.4, 0.5) is 0 Å². The topological polar surface area (TPSA) is 9.23 Å². The van der Waals surface area contributed by atoms with Crippen LogP contribution in [0.2, 0.25) is 0 Å². The van der Waals surface area contributed by atoms with Crippen LogP contribution in [0.3, 0.4) is 0 Å². The van der Waals surface area contributed by atoms with Crippen LogP contribution in [0.1, 0.15) is 6.42 Å². The van der Waals surface area contributed by atoms with Crippen molar-refractivity contribution in [2.45, 2.75) is 6.42 Å². The molecule has 2 aliphatic rings. The van der Waals surface area contributed by atoms with Crippen molar-refractivity contribution >= 4 is 0 Å². The van der Waals surface area contributed by atoms with Gasteiger partial charge in [0.25, 0.3) is 0 Å². The zero-order valence-electron chi connectivity index (χ0n) is 4.42. The van der Waals surface area contributed by atoms with Gasteiger partial charge in [-0.25, -0.2) is 0 Å². The third-order valence-corrected chi connectivity index (χ3v) is 1.37. The molecular weight excluding hydrogens is 100 g/mol. The number of hydrogen-bond acceptors (Lipinski definition) is 1. The first-order chi connectivity index (χ1) is 3.97. The van der Waals surface area contributed by atoms with E-state index in [-0.39, 0.29) is 0 Å². The Bertz CT molecular complexity index is 196. The van der Waals surface area contributed by atoms with E-state index in [1.54, 1.807) is 6.26 Å². The molecule has 0 unspecified atom stereocenters. The number of ether oxygens (including phenoxy) is 1. The Morgan fingerprint density at radius 3 is 2.88 bits per heavy atom. The van der Waals surface area contributed by atoms with Gasteiger partial charge >= 0.3 is 0 Å². The highest BCUT2D eigenvalue weighted by Crippen LogP contribution is 2.28. The van der Waals surface area contributed by atoms with E-state index in [0.29, 0.717) is 0 Å². The highest BCUT2D eigenvalue weighted by Gasteiger charge is 2.14. The SMILES string of the molecule is C1=CCC2=COC2=C1. The first-order valence-corrected chi connectivity index (χ1v) is 2.70. The molecule has 0 aromatic heterocycles. The zero-order valence-corrected chi connectivity index (χ0v) is 4.42. The Kier molecular flexibility index (Phi) is 0.618. The molecule has 0 saturated heterocycles. The van der Waals surface area contributed by atoms with Crippen LogP contribution in [0.5, 0.6) is 0 Å². The molecule has 40 valence electrons. The minimum atomic E-state index is 1.05. The Hall–Kier alpha value is -0.980. The van der Waals surface area contributed by atoms with Crippen LogP contribution in [0.25, 0.3) is 0 Å². The molecule has 0 aromatic carbocycles. The monoisotopic (exact) mass is 106 g/mol. The first-order valence-electron chi connectivity index (χ1n) is 2.70. The molecule has 0 bridgehead atoms. The van der Waals surface area contributed by atoms with E-state index in [1.807, 2.05) is 12.2 Å². The maximum Gasteiger partial charge on any atom is 0.133 e. The average molecular weight is 106 g/mol. The molecule has 0 saturated carbocycles. The normalized spacial score (nSPS) is 22.0. The second-order valence-corrected chi connectivity index (χ2v) is 1.92. The van der Waals surface area contributed by atoms with Crippen LogP contribution < -0.4 is 0 Å². The van der Waals surface area contributed by atoms with Crippen LogP contribution >= 0.6 is 0 Å². The molecule has 0 aromatic rings. The van der Waals surface area contributed by atoms with E-state index in [2.05, 4.69) is 6.08 Å². The fraction of sp³-hybridized carbons (Fsp3) is 0.143. The molecule has 1 nitrogen and oxygen atoms in total. The summed E-state index contributed by atoms with van der Waals surface area (Å²) in [6.45, 7) is 0. The van der Waals surface area contributed by atoms with Crippen molar-refractivity contribution in [3.63, 3.8) is 0 Å². The largest absolute Gasteiger partial charge is 0.464 e. The fourth-order valence-corrected chi connectivity index (χ4v) is 0.856. The summed E-state index contributed by atoms with van der Waals surface area (Å²) in [4.78, 5) is 0. The van der Waals surface area contributed by atoms with Gasteiger partial charge in [-0.1, -0.05) is 12.2 Å². The van der Waals surface area contributed by atoms with Crippen molar-refractivity contribution in [2.75, 3.05) is 0 Å². The summed E-state index contributed by atoms with van der Waals surface area (Å²) in [5.74, 6) is 1.05. The molecule has 0 radical (unpaired) electrons. The molecule has 1 aliphatic carbocycles. The van der Waals surface area contributed by atoms with Crippen LogP contribution in [0.15, 0.2) is 35.8 Å². The van der Waals surface area contributed by atoms with E-state index in [1.165, 1.54) is 5.57 Å². The van der Waals surface area contributed by atoms with E-state index >= 15 is 0 Å². The molecule has 0 N–H and O–H groups in total. The predicted octanol–water partition coefficient (Wildman–Crippen LogP) is 1.74. The van der Waals surface area contributed by atoms with Gasteiger partial charge < -0.3 is 4.74 Å². The highest BCUT2D eigenvalue weighted by molar-refractivity contribution is 5.39. The summed E-state index contributed by atoms with van der Waals surface area (Å²) in [7, 11) is 0. The van der Waals surface area contributed by atoms with Crippen molar-refractivity contribution in [3.8, 4) is 0 Å². The number of allylic oxidation sites excluding steroid dienone is 4. The molecule has 8 heavy (non-hydrogen) atoms. The molecule has 0 amide bonds. The van der Waals surface area contributed by atoms with Crippen molar-refractivity contribution in [2.24, 2.45) is 0 Å². The molecular formula is C7H6O. The summed E-state index contributed by atoms with van der Waals surface area (Å²) >= 11 is 0. The van der Waals surface area contributed by atoms with Gasteiger partial charge in [-0.15, -0.1) is 0 Å². The van der Waals surface area contributed by atoms with Gasteiger partial charge in [0.15, 0.2) is 0 Å². The summed E-state index contributed by atoms with van der Waals surface area (Å²) in [5.41, 5.74) is 1.33. The first kappa shape index (κ1) is 3.96. The number of fused-ring (bicyclic) bond motifs is 1. The Labute approximate surface area is 48.0 Å². The lowest BCUT2D eigenvalue weighted by Crippen LogP contribution is -2.03. The zero-order chi connectivity index (χ0) is 5.40. The molecule has 1 heteroatoms. The highest BCUT2D eigenvalue weighted by atomic mass is 16.5. The van der Waals surface area contributed by atoms with Gasteiger partial charge in [0.05, 0.1) is 6.26 Å². The number of hydrogen-bond donors (Lipinski definition) is 0. The second-order valence-electron chi connectivity index (χ2n) is 1.92. The summed E-state index contributed by atoms with van der Waals surface area (Å²) in [6.07, 6.45) is 8.98. The Morgan fingerprint density at radius 2 is 2.50 bits per heavy atom. The lowest BCUT2D eigenvalue weighted by Gasteiger charge is -2.19. The van der Waals surface area contributed by atoms with E-state index in [0.717, 1.165) is 12.2 Å². The fourth-order valence-electron chi connectivity index (χ4n) is 0.856. The second kappa shape index (κ2) is 1.25. The van der Waals surface area contributed by atoms with Crippen LogP contribution in [-0.4, -0.2) is 0 Å². The van der Waals surface area contributed by atoms with Crippen molar-refractivity contribution in [1.29, 1.82) is 0 Å². The van der Waals surface area contributed by atoms with Gasteiger partial charge in [-0.05, 0) is 12.5 Å². The maximum atomic E-state index is 4.98. The molecule has 0 spiro atoms. The van der Waals surface area contributed by atoms with Gasteiger partial charge in [0.2, 0.25) is 0 Å².